The maximum atomic E-state index is 12.1. The van der Waals surface area contributed by atoms with Crippen molar-refractivity contribution in [2.45, 2.75) is 123 Å². The first-order valence-electron chi connectivity index (χ1n) is 14.7. The van der Waals surface area contributed by atoms with E-state index in [9.17, 15) is 25.2 Å². The number of rotatable bonds is 10. The number of aliphatic hydroxyl groups excluding tert-OH is 4. The zero-order valence-corrected chi connectivity index (χ0v) is 24.8. The Morgan fingerprint density at radius 3 is 2.49 bits per heavy atom. The highest BCUT2D eigenvalue weighted by Gasteiger charge is 2.53. The van der Waals surface area contributed by atoms with Crippen LogP contribution >= 0.6 is 0 Å². The lowest BCUT2D eigenvalue weighted by molar-refractivity contribution is -0.309. The fourth-order valence-electron chi connectivity index (χ4n) is 7.40. The van der Waals surface area contributed by atoms with Crippen molar-refractivity contribution in [1.29, 1.82) is 0 Å². The molecular weight excluding hydrogens is 500 g/mol. The van der Waals surface area contributed by atoms with Gasteiger partial charge in [-0.1, -0.05) is 53.2 Å². The van der Waals surface area contributed by atoms with Crippen molar-refractivity contribution in [1.82, 2.24) is 0 Å². The van der Waals surface area contributed by atoms with E-state index in [2.05, 4.69) is 27.4 Å². The van der Waals surface area contributed by atoms with Gasteiger partial charge in [0, 0.05) is 6.42 Å². The first-order valence-corrected chi connectivity index (χ1v) is 14.7. The van der Waals surface area contributed by atoms with Gasteiger partial charge < -0.3 is 34.6 Å². The van der Waals surface area contributed by atoms with Crippen LogP contribution in [-0.4, -0.2) is 76.4 Å². The van der Waals surface area contributed by atoms with Gasteiger partial charge in [-0.2, -0.15) is 0 Å². The van der Waals surface area contributed by atoms with E-state index in [1.165, 1.54) is 12.0 Å². The Labute approximate surface area is 234 Å². The standard InChI is InChI=1S/C31H52O8/c1-18(2)15-25(33)37-14-11-20(4)22(38-29-28(36)27(35)26(34)23(17-32)39-29)16-21-19(3)9-10-24-30(5,6)12-8-13-31(21,24)7/h11,18,21-24,26-29,32,34-36H,3,8-10,12-17H2,1-2,4-7H3/b20-11+/t21-,22-,23+,24-,26+,27-,28+,29+,31+/m0/s1. The van der Waals surface area contributed by atoms with E-state index in [0.29, 0.717) is 18.8 Å². The quantitative estimate of drug-likeness (QED) is 0.238. The predicted octanol–water partition coefficient (Wildman–Crippen LogP) is 3.90. The Morgan fingerprint density at radius 1 is 1.15 bits per heavy atom. The number of carbonyl (C=O) groups excluding carboxylic acids is 1. The van der Waals surface area contributed by atoms with Gasteiger partial charge >= 0.3 is 5.97 Å². The lowest BCUT2D eigenvalue weighted by Crippen LogP contribution is -2.60. The molecule has 0 amide bonds. The molecule has 3 fully saturated rings. The Kier molecular flexibility index (Phi) is 10.9. The average Bonchev–Trinajstić information content (AvgIpc) is 2.84. The summed E-state index contributed by atoms with van der Waals surface area (Å²) in [6, 6.07) is 0. The van der Waals surface area contributed by atoms with Crippen molar-refractivity contribution in [3.63, 3.8) is 0 Å². The Bertz CT molecular complexity index is 880. The molecule has 3 aliphatic rings. The van der Waals surface area contributed by atoms with E-state index in [-0.39, 0.29) is 35.2 Å². The molecule has 4 N–H and O–H groups in total. The second kappa shape index (κ2) is 13.1. The molecule has 39 heavy (non-hydrogen) atoms. The molecule has 8 heteroatoms. The third kappa shape index (κ3) is 7.32. The summed E-state index contributed by atoms with van der Waals surface area (Å²) >= 11 is 0. The second-order valence-corrected chi connectivity index (χ2v) is 13.4. The van der Waals surface area contributed by atoms with Crippen LogP contribution in [0.5, 0.6) is 0 Å². The highest BCUT2D eigenvalue weighted by atomic mass is 16.7. The SMILES string of the molecule is C=C1CC[C@H]2C(C)(C)CCC[C@]2(C)[C@H]1C[C@H](O[C@@H]1O[C@H](CO)[C@@H](O)[C@H](O)[C@H]1O)/C(C)=C/COC(=O)CC(C)C. The minimum atomic E-state index is -1.52. The number of hydrogen-bond acceptors (Lipinski definition) is 8. The van der Waals surface area contributed by atoms with Crippen LogP contribution in [0.4, 0.5) is 0 Å². The van der Waals surface area contributed by atoms with Gasteiger partial charge in [0.1, 0.15) is 31.0 Å². The van der Waals surface area contributed by atoms with Crippen LogP contribution in [-0.2, 0) is 19.0 Å². The van der Waals surface area contributed by atoms with Crippen molar-refractivity contribution in [2.75, 3.05) is 13.2 Å². The molecule has 0 spiro atoms. The predicted molar refractivity (Wildman–Crippen MR) is 149 cm³/mol. The topological polar surface area (TPSA) is 126 Å². The summed E-state index contributed by atoms with van der Waals surface area (Å²) in [7, 11) is 0. The number of carbonyl (C=O) groups is 1. The average molecular weight is 553 g/mol. The zero-order valence-electron chi connectivity index (χ0n) is 24.8. The normalized spacial score (nSPS) is 37.9. The number of ether oxygens (including phenoxy) is 3. The monoisotopic (exact) mass is 552 g/mol. The summed E-state index contributed by atoms with van der Waals surface area (Å²) in [6.45, 7) is 17.0. The molecule has 3 rings (SSSR count). The third-order valence-corrected chi connectivity index (χ3v) is 9.65. The van der Waals surface area contributed by atoms with Gasteiger partial charge in [0.25, 0.3) is 0 Å². The van der Waals surface area contributed by atoms with Crippen LogP contribution in [0.1, 0.15) is 86.5 Å². The maximum absolute atomic E-state index is 12.1. The molecule has 0 aromatic carbocycles. The lowest BCUT2D eigenvalue weighted by atomic mass is 9.47. The van der Waals surface area contributed by atoms with E-state index in [1.807, 2.05) is 26.8 Å². The van der Waals surface area contributed by atoms with Gasteiger partial charge in [-0.05, 0) is 79.3 Å². The van der Waals surface area contributed by atoms with Crippen molar-refractivity contribution >= 4 is 5.97 Å². The molecule has 9 atom stereocenters. The molecule has 0 bridgehead atoms. The number of aliphatic hydroxyl groups is 4. The molecule has 1 aliphatic heterocycles. The summed E-state index contributed by atoms with van der Waals surface area (Å²) in [6.07, 6.45) is 1.00. The van der Waals surface area contributed by atoms with Gasteiger partial charge in [0.15, 0.2) is 6.29 Å². The van der Waals surface area contributed by atoms with Gasteiger partial charge in [0.05, 0.1) is 12.7 Å². The molecule has 0 aromatic rings. The van der Waals surface area contributed by atoms with E-state index >= 15 is 0 Å². The minimum absolute atomic E-state index is 0.0398. The van der Waals surface area contributed by atoms with Crippen molar-refractivity contribution in [3.05, 3.63) is 23.8 Å². The molecule has 224 valence electrons. The maximum Gasteiger partial charge on any atom is 0.306 e. The molecule has 2 saturated carbocycles. The highest BCUT2D eigenvalue weighted by molar-refractivity contribution is 5.69. The fourth-order valence-corrected chi connectivity index (χ4v) is 7.40. The van der Waals surface area contributed by atoms with Crippen molar-refractivity contribution < 1.29 is 39.4 Å². The Morgan fingerprint density at radius 2 is 1.85 bits per heavy atom. The molecule has 8 nitrogen and oxygen atoms in total. The fraction of sp³-hybridized carbons (Fsp3) is 0.839. The van der Waals surface area contributed by atoms with Crippen molar-refractivity contribution in [2.24, 2.45) is 28.6 Å². The Balaban J connectivity index is 1.87. The van der Waals surface area contributed by atoms with Gasteiger partial charge in [0.2, 0.25) is 0 Å². The molecule has 0 unspecified atom stereocenters. The summed E-state index contributed by atoms with van der Waals surface area (Å²) in [5, 5.41) is 41.0. The summed E-state index contributed by atoms with van der Waals surface area (Å²) in [5.74, 6) is 0.650. The molecular formula is C31H52O8. The smallest absolute Gasteiger partial charge is 0.306 e. The first-order chi connectivity index (χ1) is 18.2. The van der Waals surface area contributed by atoms with Gasteiger partial charge in [-0.25, -0.2) is 0 Å². The summed E-state index contributed by atoms with van der Waals surface area (Å²) < 4.78 is 17.5. The van der Waals surface area contributed by atoms with Crippen LogP contribution in [0.15, 0.2) is 23.8 Å². The van der Waals surface area contributed by atoms with E-state index in [1.54, 1.807) is 0 Å². The van der Waals surface area contributed by atoms with E-state index < -0.39 is 43.4 Å². The summed E-state index contributed by atoms with van der Waals surface area (Å²) in [4.78, 5) is 12.1. The van der Waals surface area contributed by atoms with E-state index in [0.717, 1.165) is 31.3 Å². The number of esters is 1. The number of fused-ring (bicyclic) bond motifs is 1. The van der Waals surface area contributed by atoms with Crippen LogP contribution in [0.25, 0.3) is 0 Å². The van der Waals surface area contributed by atoms with Gasteiger partial charge in [-0.3, -0.25) is 4.79 Å². The molecule has 0 aromatic heterocycles. The first kappa shape index (κ1) is 32.2. The van der Waals surface area contributed by atoms with Crippen LogP contribution in [0, 0.1) is 28.6 Å². The zero-order chi connectivity index (χ0) is 29.1. The van der Waals surface area contributed by atoms with Crippen LogP contribution in [0.2, 0.25) is 0 Å². The van der Waals surface area contributed by atoms with Crippen LogP contribution < -0.4 is 0 Å². The lowest BCUT2D eigenvalue weighted by Gasteiger charge is -2.58. The molecule has 0 radical (unpaired) electrons. The third-order valence-electron chi connectivity index (χ3n) is 9.65. The molecule has 1 heterocycles. The second-order valence-electron chi connectivity index (χ2n) is 13.4. The highest BCUT2D eigenvalue weighted by Crippen LogP contribution is 2.62. The minimum Gasteiger partial charge on any atom is -0.461 e. The van der Waals surface area contributed by atoms with E-state index in [4.69, 9.17) is 14.2 Å². The van der Waals surface area contributed by atoms with Gasteiger partial charge in [-0.15, -0.1) is 0 Å². The largest absolute Gasteiger partial charge is 0.461 e. The van der Waals surface area contributed by atoms with Crippen LogP contribution in [0.3, 0.4) is 0 Å². The summed E-state index contributed by atoms with van der Waals surface area (Å²) in [5.41, 5.74) is 2.29. The Hall–Kier alpha value is -1.29. The number of allylic oxidation sites excluding steroid dienone is 1. The molecule has 1 saturated heterocycles. The number of hydrogen-bond donors (Lipinski definition) is 4. The van der Waals surface area contributed by atoms with Crippen molar-refractivity contribution in [3.8, 4) is 0 Å². The molecule has 2 aliphatic carbocycles.